The van der Waals surface area contributed by atoms with Crippen LogP contribution in [0.1, 0.15) is 5.56 Å². The number of halogens is 4. The quantitative estimate of drug-likeness (QED) is 0.634. The van der Waals surface area contributed by atoms with Crippen LogP contribution in [-0.4, -0.2) is 15.1 Å². The van der Waals surface area contributed by atoms with Crippen LogP contribution in [0.4, 0.5) is 13.2 Å². The van der Waals surface area contributed by atoms with Gasteiger partial charge < -0.3 is 10.1 Å². The maximum absolute atomic E-state index is 13.9. The molecule has 0 aliphatic heterocycles. The molecule has 3 aromatic rings. The lowest BCUT2D eigenvalue weighted by Gasteiger charge is -2.03. The van der Waals surface area contributed by atoms with Gasteiger partial charge in [0.25, 0.3) is 0 Å². The number of nitrogens with zero attached hydrogens (tertiary/aromatic N) is 1. The summed E-state index contributed by atoms with van der Waals surface area (Å²) in [6.07, 6.45) is 0. The monoisotopic (exact) mass is 356 g/mol. The lowest BCUT2D eigenvalue weighted by molar-refractivity contribution is 0.377. The predicted octanol–water partition coefficient (Wildman–Crippen LogP) is 4.42. The van der Waals surface area contributed by atoms with E-state index in [9.17, 15) is 18.3 Å². The normalized spacial score (nSPS) is 11.3. The Morgan fingerprint density at radius 3 is 2.57 bits per heavy atom. The molecule has 3 rings (SSSR count). The lowest BCUT2D eigenvalue weighted by Crippen LogP contribution is -1.94. The summed E-state index contributed by atoms with van der Waals surface area (Å²) in [6, 6.07) is 4.22. The lowest BCUT2D eigenvalue weighted by atomic mass is 10.1. The van der Waals surface area contributed by atoms with Crippen LogP contribution in [0.2, 0.25) is 0 Å². The van der Waals surface area contributed by atoms with Gasteiger partial charge in [-0.2, -0.15) is 4.39 Å². The van der Waals surface area contributed by atoms with Crippen molar-refractivity contribution in [3.63, 3.8) is 0 Å². The number of nitrogens with one attached hydrogen (secondary N) is 1. The molecule has 3 nitrogen and oxygen atoms in total. The highest BCUT2D eigenvalue weighted by molar-refractivity contribution is 9.10. The number of aromatic hydroxyl groups is 1. The van der Waals surface area contributed by atoms with E-state index < -0.39 is 23.2 Å². The first-order valence-corrected chi connectivity index (χ1v) is 6.70. The zero-order valence-electron chi connectivity index (χ0n) is 10.6. The standard InChI is InChI=1S/C14H8BrF3N2O/c1-5-2-6(15)3-9-12(5)20-14(19-9)7-4-8(16)11(18)13(21)10(7)17/h2-4,21H,1H3,(H,19,20). The molecular weight excluding hydrogens is 349 g/mol. The minimum absolute atomic E-state index is 0.0119. The average molecular weight is 357 g/mol. The van der Waals surface area contributed by atoms with Crippen molar-refractivity contribution in [3.8, 4) is 17.1 Å². The van der Waals surface area contributed by atoms with Crippen molar-refractivity contribution in [3.05, 3.63) is 45.7 Å². The van der Waals surface area contributed by atoms with Crippen molar-refractivity contribution >= 4 is 27.0 Å². The van der Waals surface area contributed by atoms with Crippen LogP contribution in [0.25, 0.3) is 22.4 Å². The fourth-order valence-corrected chi connectivity index (χ4v) is 2.71. The summed E-state index contributed by atoms with van der Waals surface area (Å²) in [5, 5.41) is 9.26. The third kappa shape index (κ3) is 2.17. The molecule has 0 aliphatic rings. The third-order valence-electron chi connectivity index (χ3n) is 3.13. The van der Waals surface area contributed by atoms with Crippen molar-refractivity contribution in [2.45, 2.75) is 6.92 Å². The van der Waals surface area contributed by atoms with E-state index in [1.165, 1.54) is 0 Å². The highest BCUT2D eigenvalue weighted by Gasteiger charge is 2.21. The molecule has 0 bridgehead atoms. The molecule has 0 unspecified atom stereocenters. The van der Waals surface area contributed by atoms with Crippen LogP contribution < -0.4 is 0 Å². The summed E-state index contributed by atoms with van der Waals surface area (Å²) in [6.45, 7) is 1.82. The zero-order valence-corrected chi connectivity index (χ0v) is 12.2. The Kier molecular flexibility index (Phi) is 3.16. The molecule has 0 saturated heterocycles. The van der Waals surface area contributed by atoms with Crippen LogP contribution in [0.3, 0.4) is 0 Å². The Bertz CT molecular complexity index is 877. The number of phenolic OH excluding ortho intramolecular Hbond substituents is 1. The number of benzene rings is 2. The van der Waals surface area contributed by atoms with Crippen LogP contribution in [0.15, 0.2) is 22.7 Å². The fraction of sp³-hybridized carbons (Fsp3) is 0.0714. The van der Waals surface area contributed by atoms with Crippen molar-refractivity contribution in [1.82, 2.24) is 9.97 Å². The highest BCUT2D eigenvalue weighted by Crippen LogP contribution is 2.33. The zero-order chi connectivity index (χ0) is 15.3. The number of H-pyrrole nitrogens is 1. The van der Waals surface area contributed by atoms with Crippen LogP contribution in [0, 0.1) is 24.4 Å². The Hall–Kier alpha value is -2.02. The van der Waals surface area contributed by atoms with E-state index >= 15 is 0 Å². The number of rotatable bonds is 1. The second kappa shape index (κ2) is 4.77. The van der Waals surface area contributed by atoms with Gasteiger partial charge in [-0.05, 0) is 30.7 Å². The Morgan fingerprint density at radius 1 is 1.14 bits per heavy atom. The molecule has 2 N–H and O–H groups in total. The first-order valence-electron chi connectivity index (χ1n) is 5.91. The van der Waals surface area contributed by atoms with Gasteiger partial charge in [0.2, 0.25) is 5.82 Å². The topological polar surface area (TPSA) is 48.9 Å². The number of phenols is 1. The van der Waals surface area contributed by atoms with E-state index in [-0.39, 0.29) is 11.4 Å². The summed E-state index contributed by atoms with van der Waals surface area (Å²) in [5.41, 5.74) is 1.68. The van der Waals surface area contributed by atoms with Gasteiger partial charge in [-0.1, -0.05) is 15.9 Å². The van der Waals surface area contributed by atoms with E-state index in [2.05, 4.69) is 25.9 Å². The number of aromatic nitrogens is 2. The van der Waals surface area contributed by atoms with Gasteiger partial charge in [0, 0.05) is 4.47 Å². The van der Waals surface area contributed by atoms with E-state index in [4.69, 9.17) is 0 Å². The molecule has 2 aromatic carbocycles. The summed E-state index contributed by atoms with van der Waals surface area (Å²) >= 11 is 3.32. The van der Waals surface area contributed by atoms with Crippen molar-refractivity contribution in [1.29, 1.82) is 0 Å². The Balaban J connectivity index is 2.29. The first-order chi connectivity index (χ1) is 9.88. The van der Waals surface area contributed by atoms with Crippen LogP contribution >= 0.6 is 15.9 Å². The summed E-state index contributed by atoms with van der Waals surface area (Å²) < 4.78 is 41.2. The number of aromatic amines is 1. The minimum Gasteiger partial charge on any atom is -0.503 e. The minimum atomic E-state index is -1.62. The predicted molar refractivity (Wildman–Crippen MR) is 75.5 cm³/mol. The molecular formula is C14H8BrF3N2O. The molecule has 0 radical (unpaired) electrons. The molecule has 0 aliphatic carbocycles. The SMILES string of the molecule is Cc1cc(Br)cc2[nH]c(-c3cc(F)c(F)c(O)c3F)nc12. The van der Waals surface area contributed by atoms with Gasteiger partial charge >= 0.3 is 0 Å². The van der Waals surface area contributed by atoms with Crippen molar-refractivity contribution in [2.75, 3.05) is 0 Å². The number of aryl methyl sites for hydroxylation is 1. The van der Waals surface area contributed by atoms with Gasteiger partial charge in [-0.3, -0.25) is 0 Å². The van der Waals surface area contributed by atoms with E-state index in [1.54, 1.807) is 6.07 Å². The Morgan fingerprint density at radius 2 is 1.86 bits per heavy atom. The molecule has 0 spiro atoms. The molecule has 7 heteroatoms. The smallest absolute Gasteiger partial charge is 0.203 e. The molecule has 21 heavy (non-hydrogen) atoms. The van der Waals surface area contributed by atoms with Gasteiger partial charge in [-0.15, -0.1) is 0 Å². The third-order valence-corrected chi connectivity index (χ3v) is 3.59. The number of hydrogen-bond donors (Lipinski definition) is 2. The summed E-state index contributed by atoms with van der Waals surface area (Å²) in [5.74, 6) is -5.57. The molecule has 0 fully saturated rings. The molecule has 108 valence electrons. The number of imidazole rings is 1. The highest BCUT2D eigenvalue weighted by atomic mass is 79.9. The summed E-state index contributed by atoms with van der Waals surface area (Å²) in [7, 11) is 0. The molecule has 1 aromatic heterocycles. The van der Waals surface area contributed by atoms with E-state index in [1.807, 2.05) is 13.0 Å². The number of hydrogen-bond acceptors (Lipinski definition) is 2. The van der Waals surface area contributed by atoms with Crippen LogP contribution in [-0.2, 0) is 0 Å². The average Bonchev–Trinajstić information content (AvgIpc) is 2.84. The molecule has 1 heterocycles. The Labute approximate surface area is 125 Å². The van der Waals surface area contributed by atoms with Crippen molar-refractivity contribution in [2.24, 2.45) is 0 Å². The largest absolute Gasteiger partial charge is 0.503 e. The van der Waals surface area contributed by atoms with Crippen LogP contribution in [0.5, 0.6) is 5.75 Å². The second-order valence-electron chi connectivity index (χ2n) is 4.59. The van der Waals surface area contributed by atoms with Gasteiger partial charge in [0.15, 0.2) is 17.4 Å². The van der Waals surface area contributed by atoms with Gasteiger partial charge in [0.1, 0.15) is 5.82 Å². The first kappa shape index (κ1) is 13.9. The number of fused-ring (bicyclic) bond motifs is 1. The fourth-order valence-electron chi connectivity index (χ4n) is 2.14. The maximum atomic E-state index is 13.9. The summed E-state index contributed by atoms with van der Waals surface area (Å²) in [4.78, 5) is 7.01. The van der Waals surface area contributed by atoms with Crippen molar-refractivity contribution < 1.29 is 18.3 Å². The second-order valence-corrected chi connectivity index (χ2v) is 5.50. The molecule has 0 atom stereocenters. The van der Waals surface area contributed by atoms with E-state index in [0.29, 0.717) is 17.1 Å². The van der Waals surface area contributed by atoms with E-state index in [0.717, 1.165) is 10.0 Å². The van der Waals surface area contributed by atoms with Gasteiger partial charge in [0.05, 0.1) is 16.6 Å². The molecule has 0 amide bonds. The molecule has 0 saturated carbocycles. The van der Waals surface area contributed by atoms with Gasteiger partial charge in [-0.25, -0.2) is 13.8 Å². The maximum Gasteiger partial charge on any atom is 0.203 e.